The monoisotopic (exact) mass is 197 g/mol. The van der Waals surface area contributed by atoms with Crippen molar-refractivity contribution in [1.82, 2.24) is 0 Å². The molecule has 0 aliphatic heterocycles. The van der Waals surface area contributed by atoms with Crippen molar-refractivity contribution in [3.8, 4) is 0 Å². The van der Waals surface area contributed by atoms with Crippen molar-refractivity contribution in [2.24, 2.45) is 0 Å². The van der Waals surface area contributed by atoms with Gasteiger partial charge < -0.3 is 9.01 Å². The SMILES string of the molecule is CN(C)c1ccc([Si](C)(C)F)cc1. The van der Waals surface area contributed by atoms with Gasteiger partial charge in [0.15, 0.2) is 0 Å². The Balaban J connectivity index is 2.94. The summed E-state index contributed by atoms with van der Waals surface area (Å²) in [6.07, 6.45) is 0. The topological polar surface area (TPSA) is 3.24 Å². The van der Waals surface area contributed by atoms with Gasteiger partial charge in [0.05, 0.1) is 0 Å². The van der Waals surface area contributed by atoms with Gasteiger partial charge in [-0.2, -0.15) is 0 Å². The molecule has 13 heavy (non-hydrogen) atoms. The van der Waals surface area contributed by atoms with Crippen molar-refractivity contribution in [3.63, 3.8) is 0 Å². The molecule has 1 rings (SSSR count). The van der Waals surface area contributed by atoms with Crippen LogP contribution in [0.1, 0.15) is 0 Å². The minimum absolute atomic E-state index is 0.859. The van der Waals surface area contributed by atoms with Gasteiger partial charge in [-0.1, -0.05) is 12.1 Å². The summed E-state index contributed by atoms with van der Waals surface area (Å²) in [4.78, 5) is 2.01. The molecule has 0 atom stereocenters. The van der Waals surface area contributed by atoms with E-state index in [1.807, 2.05) is 43.3 Å². The molecule has 0 saturated carbocycles. The number of benzene rings is 1. The van der Waals surface area contributed by atoms with E-state index in [4.69, 9.17) is 0 Å². The number of halogens is 1. The Kier molecular flexibility index (Phi) is 2.76. The first-order chi connectivity index (χ1) is 5.91. The molecular weight excluding hydrogens is 181 g/mol. The minimum Gasteiger partial charge on any atom is -0.378 e. The van der Waals surface area contributed by atoms with E-state index in [0.717, 1.165) is 10.9 Å². The highest BCUT2D eigenvalue weighted by molar-refractivity contribution is 6.83. The predicted molar refractivity (Wildman–Crippen MR) is 59.0 cm³/mol. The summed E-state index contributed by atoms with van der Waals surface area (Å²) in [5, 5.41) is 0.859. The number of anilines is 1. The second-order valence-electron chi connectivity index (χ2n) is 3.91. The molecule has 1 nitrogen and oxygen atoms in total. The molecule has 0 saturated heterocycles. The second-order valence-corrected chi connectivity index (χ2v) is 7.44. The predicted octanol–water partition coefficient (Wildman–Crippen LogP) is 2.13. The van der Waals surface area contributed by atoms with Crippen LogP contribution in [0.5, 0.6) is 0 Å². The van der Waals surface area contributed by atoms with Crippen molar-refractivity contribution < 1.29 is 4.11 Å². The van der Waals surface area contributed by atoms with Crippen LogP contribution in [0.25, 0.3) is 0 Å². The molecule has 0 aliphatic carbocycles. The van der Waals surface area contributed by atoms with Gasteiger partial charge in [-0.05, 0) is 30.4 Å². The molecule has 0 heterocycles. The first kappa shape index (κ1) is 10.2. The molecule has 0 aliphatic rings. The Morgan fingerprint density at radius 1 is 1.08 bits per heavy atom. The zero-order valence-electron chi connectivity index (χ0n) is 8.63. The lowest BCUT2D eigenvalue weighted by atomic mass is 10.3. The third kappa shape index (κ3) is 2.55. The summed E-state index contributed by atoms with van der Waals surface area (Å²) >= 11 is 0. The lowest BCUT2D eigenvalue weighted by Gasteiger charge is -2.15. The van der Waals surface area contributed by atoms with Crippen molar-refractivity contribution in [1.29, 1.82) is 0 Å². The number of rotatable bonds is 2. The van der Waals surface area contributed by atoms with Crippen molar-refractivity contribution in [2.75, 3.05) is 19.0 Å². The van der Waals surface area contributed by atoms with Crippen LogP contribution in [0.15, 0.2) is 24.3 Å². The molecule has 0 N–H and O–H groups in total. The molecule has 1 aromatic carbocycles. The fraction of sp³-hybridized carbons (Fsp3) is 0.400. The van der Waals surface area contributed by atoms with Gasteiger partial charge in [0.1, 0.15) is 0 Å². The smallest absolute Gasteiger partial charge is 0.271 e. The van der Waals surface area contributed by atoms with E-state index in [9.17, 15) is 4.11 Å². The second kappa shape index (κ2) is 3.50. The van der Waals surface area contributed by atoms with Crippen molar-refractivity contribution >= 4 is 19.3 Å². The summed E-state index contributed by atoms with van der Waals surface area (Å²) in [5.41, 5.74) is 1.11. The van der Waals surface area contributed by atoms with Crippen LogP contribution in [-0.4, -0.2) is 22.5 Å². The van der Waals surface area contributed by atoms with Crippen LogP contribution in [0.4, 0.5) is 9.80 Å². The normalized spacial score (nSPS) is 11.5. The van der Waals surface area contributed by atoms with Crippen LogP contribution in [0, 0.1) is 0 Å². The molecule has 3 heteroatoms. The maximum absolute atomic E-state index is 13.6. The highest BCUT2D eigenvalue weighted by Gasteiger charge is 2.22. The molecule has 0 fully saturated rings. The summed E-state index contributed by atoms with van der Waals surface area (Å²) in [5.74, 6) is 0. The Morgan fingerprint density at radius 3 is 1.85 bits per heavy atom. The molecule has 72 valence electrons. The van der Waals surface area contributed by atoms with Crippen LogP contribution in [-0.2, 0) is 0 Å². The van der Waals surface area contributed by atoms with Gasteiger partial charge in [0, 0.05) is 19.8 Å². The highest BCUT2D eigenvalue weighted by atomic mass is 28.4. The Bertz CT molecular complexity index is 274. The largest absolute Gasteiger partial charge is 0.378 e. The molecule has 0 aromatic heterocycles. The van der Waals surface area contributed by atoms with E-state index in [2.05, 4.69) is 0 Å². The van der Waals surface area contributed by atoms with Crippen molar-refractivity contribution in [2.45, 2.75) is 13.1 Å². The van der Waals surface area contributed by atoms with Gasteiger partial charge >= 0.3 is 0 Å². The Hall–Kier alpha value is -0.833. The minimum atomic E-state index is -2.61. The van der Waals surface area contributed by atoms with Crippen molar-refractivity contribution in [3.05, 3.63) is 24.3 Å². The molecule has 0 bridgehead atoms. The quantitative estimate of drug-likeness (QED) is 0.518. The van der Waals surface area contributed by atoms with E-state index in [0.29, 0.717) is 0 Å². The fourth-order valence-corrected chi connectivity index (χ4v) is 2.12. The zero-order chi connectivity index (χ0) is 10.1. The Labute approximate surface area is 80.4 Å². The van der Waals surface area contributed by atoms with Crippen LogP contribution < -0.4 is 10.1 Å². The van der Waals surface area contributed by atoms with Gasteiger partial charge in [-0.25, -0.2) is 0 Å². The first-order valence-electron chi connectivity index (χ1n) is 4.38. The molecule has 0 unspecified atom stereocenters. The number of hydrogen-bond donors (Lipinski definition) is 0. The summed E-state index contributed by atoms with van der Waals surface area (Å²) in [6, 6.07) is 7.70. The maximum Gasteiger partial charge on any atom is 0.271 e. The van der Waals surface area contributed by atoms with Gasteiger partial charge in [0.25, 0.3) is 8.41 Å². The molecule has 0 spiro atoms. The van der Waals surface area contributed by atoms with E-state index < -0.39 is 8.41 Å². The van der Waals surface area contributed by atoms with E-state index >= 15 is 0 Å². The average molecular weight is 197 g/mol. The Morgan fingerprint density at radius 2 is 1.54 bits per heavy atom. The fourth-order valence-electron chi connectivity index (χ4n) is 1.16. The molecule has 0 radical (unpaired) electrons. The zero-order valence-corrected chi connectivity index (χ0v) is 9.63. The maximum atomic E-state index is 13.6. The van der Waals surface area contributed by atoms with E-state index in [1.54, 1.807) is 13.1 Å². The summed E-state index contributed by atoms with van der Waals surface area (Å²) < 4.78 is 13.6. The summed E-state index contributed by atoms with van der Waals surface area (Å²) in [6.45, 7) is 3.41. The number of nitrogens with zero attached hydrogens (tertiary/aromatic N) is 1. The van der Waals surface area contributed by atoms with Crippen LogP contribution in [0.2, 0.25) is 13.1 Å². The van der Waals surface area contributed by atoms with Gasteiger partial charge in [-0.3, -0.25) is 0 Å². The van der Waals surface area contributed by atoms with Crippen LogP contribution >= 0.6 is 0 Å². The highest BCUT2D eigenvalue weighted by Crippen LogP contribution is 2.11. The van der Waals surface area contributed by atoms with E-state index in [-0.39, 0.29) is 0 Å². The summed E-state index contributed by atoms with van der Waals surface area (Å²) in [7, 11) is 1.35. The number of hydrogen-bond acceptors (Lipinski definition) is 1. The lowest BCUT2D eigenvalue weighted by Crippen LogP contribution is -2.36. The molecular formula is C10H16FNSi. The molecule has 1 aromatic rings. The molecule has 0 amide bonds. The third-order valence-corrected chi connectivity index (χ3v) is 3.78. The van der Waals surface area contributed by atoms with Crippen LogP contribution in [0.3, 0.4) is 0 Å². The lowest BCUT2D eigenvalue weighted by molar-refractivity contribution is 0.822. The average Bonchev–Trinajstić information content (AvgIpc) is 2.03. The van der Waals surface area contributed by atoms with Gasteiger partial charge in [0.2, 0.25) is 0 Å². The standard InChI is InChI=1S/C10H16FNSi/c1-12(2)9-5-7-10(8-6-9)13(3,4)11/h5-8H,1-4H3. The van der Waals surface area contributed by atoms with Gasteiger partial charge in [-0.15, -0.1) is 0 Å². The first-order valence-corrected chi connectivity index (χ1v) is 7.26. The van der Waals surface area contributed by atoms with E-state index in [1.165, 1.54) is 0 Å². The third-order valence-electron chi connectivity index (χ3n) is 2.07.